The molecule has 9 nitrogen and oxygen atoms in total. The molecule has 154 valence electrons. The van der Waals surface area contributed by atoms with Gasteiger partial charge in [-0.3, -0.25) is 19.7 Å². The maximum atomic E-state index is 12.5. The highest BCUT2D eigenvalue weighted by Crippen LogP contribution is 2.19. The van der Waals surface area contributed by atoms with Crippen molar-refractivity contribution in [1.82, 2.24) is 0 Å². The number of sulfone groups is 2. The lowest BCUT2D eigenvalue weighted by atomic mass is 10.1. The van der Waals surface area contributed by atoms with Gasteiger partial charge in [0, 0.05) is 30.4 Å². The Balaban J connectivity index is 2.21. The topological polar surface area (TPSA) is 146 Å². The fourth-order valence-corrected chi connectivity index (χ4v) is 4.84. The molecule has 11 heteroatoms. The summed E-state index contributed by atoms with van der Waals surface area (Å²) in [5.74, 6) is -2.78. The molecule has 0 heterocycles. The zero-order valence-electron chi connectivity index (χ0n) is 15.2. The molecule has 2 aromatic rings. The van der Waals surface area contributed by atoms with Crippen LogP contribution in [-0.4, -0.2) is 50.6 Å². The minimum atomic E-state index is -4.16. The average molecular weight is 439 g/mol. The van der Waals surface area contributed by atoms with Crippen LogP contribution in [0.3, 0.4) is 0 Å². The average Bonchev–Trinajstić information content (AvgIpc) is 2.65. The summed E-state index contributed by atoms with van der Waals surface area (Å²) in [5, 5.41) is 8.94. The fraction of sp³-hybridized carbons (Fsp3) is 0.222. The molecule has 0 aliphatic carbocycles. The highest BCUT2D eigenvalue weighted by Gasteiger charge is 2.33. The van der Waals surface area contributed by atoms with Crippen LogP contribution >= 0.6 is 0 Å². The third kappa shape index (κ3) is 5.78. The summed E-state index contributed by atoms with van der Waals surface area (Å²) in [7, 11) is -8.14. The van der Waals surface area contributed by atoms with E-state index in [1.165, 1.54) is 24.3 Å². The second-order valence-corrected chi connectivity index (χ2v) is 10.5. The molecular weight excluding hydrogens is 422 g/mol. The number of non-ortho nitro benzene ring substituents is 1. The first-order chi connectivity index (χ1) is 13.4. The Labute approximate surface area is 167 Å². The molecule has 0 saturated carbocycles. The molecule has 1 unspecified atom stereocenters. The van der Waals surface area contributed by atoms with E-state index in [0.29, 0.717) is 0 Å². The van der Waals surface area contributed by atoms with Crippen molar-refractivity contribution in [3.8, 4) is 0 Å². The van der Waals surface area contributed by atoms with Crippen LogP contribution in [0, 0.1) is 10.1 Å². The maximum Gasteiger partial charge on any atom is 0.269 e. The Morgan fingerprint density at radius 2 is 1.52 bits per heavy atom. The molecule has 0 radical (unpaired) electrons. The molecule has 0 aliphatic rings. The van der Waals surface area contributed by atoms with Crippen molar-refractivity contribution in [3.63, 3.8) is 0 Å². The minimum absolute atomic E-state index is 0.0916. The standard InChI is InChI=1S/C18H17NO8S2/c1-28(24,25)17(18(21)13-5-3-2-4-6-13)11-15(20)12-29(26,27)16-9-7-14(8-10-16)19(22)23/h2-10,17H,11-12H2,1H3. The van der Waals surface area contributed by atoms with Crippen LogP contribution in [0.15, 0.2) is 59.5 Å². The molecule has 0 aliphatic heterocycles. The Morgan fingerprint density at radius 3 is 2.00 bits per heavy atom. The molecule has 0 N–H and O–H groups in total. The molecule has 0 bridgehead atoms. The number of carbonyl (C=O) groups excluding carboxylic acids is 2. The quantitative estimate of drug-likeness (QED) is 0.325. The minimum Gasteiger partial charge on any atom is -0.298 e. The molecule has 2 aromatic carbocycles. The lowest BCUT2D eigenvalue weighted by molar-refractivity contribution is -0.384. The number of nitrogens with zero attached hydrogens (tertiary/aromatic N) is 1. The van der Waals surface area contributed by atoms with Gasteiger partial charge in [0.05, 0.1) is 9.82 Å². The second-order valence-electron chi connectivity index (χ2n) is 6.30. The van der Waals surface area contributed by atoms with E-state index >= 15 is 0 Å². The zero-order valence-corrected chi connectivity index (χ0v) is 16.9. The van der Waals surface area contributed by atoms with Crippen LogP contribution in [-0.2, 0) is 24.5 Å². The predicted octanol–water partition coefficient (Wildman–Crippen LogP) is 1.62. The third-order valence-electron chi connectivity index (χ3n) is 4.04. The summed E-state index contributed by atoms with van der Waals surface area (Å²) in [5.41, 5.74) is -0.227. The van der Waals surface area contributed by atoms with Crippen molar-refractivity contribution in [2.75, 3.05) is 12.0 Å². The van der Waals surface area contributed by atoms with E-state index in [2.05, 4.69) is 0 Å². The van der Waals surface area contributed by atoms with Gasteiger partial charge in [-0.1, -0.05) is 30.3 Å². The number of rotatable bonds is 9. The maximum absolute atomic E-state index is 12.5. The first kappa shape index (κ1) is 22.4. The fourth-order valence-electron chi connectivity index (χ4n) is 2.56. The van der Waals surface area contributed by atoms with E-state index in [1.807, 2.05) is 0 Å². The van der Waals surface area contributed by atoms with Crippen LogP contribution in [0.2, 0.25) is 0 Å². The van der Waals surface area contributed by atoms with Crippen LogP contribution < -0.4 is 0 Å². The molecular formula is C18H17NO8S2. The first-order valence-corrected chi connectivity index (χ1v) is 11.8. The number of hydrogen-bond acceptors (Lipinski definition) is 8. The Hall–Kier alpha value is -2.92. The van der Waals surface area contributed by atoms with E-state index in [4.69, 9.17) is 0 Å². The lowest BCUT2D eigenvalue weighted by Crippen LogP contribution is -2.33. The highest BCUT2D eigenvalue weighted by molar-refractivity contribution is 7.92. The number of hydrogen-bond donors (Lipinski definition) is 0. The summed E-state index contributed by atoms with van der Waals surface area (Å²) in [6.45, 7) is 0. The lowest BCUT2D eigenvalue weighted by Gasteiger charge is -2.13. The van der Waals surface area contributed by atoms with Gasteiger partial charge in [0.15, 0.2) is 25.5 Å². The van der Waals surface area contributed by atoms with Crippen molar-refractivity contribution in [3.05, 3.63) is 70.3 Å². The second kappa shape index (κ2) is 8.62. The predicted molar refractivity (Wildman–Crippen MR) is 104 cm³/mol. The van der Waals surface area contributed by atoms with Crippen LogP contribution in [0.25, 0.3) is 0 Å². The van der Waals surface area contributed by atoms with E-state index < -0.39 is 53.6 Å². The van der Waals surface area contributed by atoms with Crippen LogP contribution in [0.1, 0.15) is 16.8 Å². The summed E-state index contributed by atoms with van der Waals surface area (Å²) in [6.07, 6.45) is 0.00931. The summed E-state index contributed by atoms with van der Waals surface area (Å²) >= 11 is 0. The van der Waals surface area contributed by atoms with Gasteiger partial charge in [0.2, 0.25) is 0 Å². The van der Waals surface area contributed by atoms with Gasteiger partial charge in [-0.2, -0.15) is 0 Å². The van der Waals surface area contributed by atoms with Gasteiger partial charge in [0.1, 0.15) is 16.8 Å². The van der Waals surface area contributed by atoms with Gasteiger partial charge in [-0.25, -0.2) is 16.8 Å². The van der Waals surface area contributed by atoms with Crippen LogP contribution in [0.5, 0.6) is 0 Å². The summed E-state index contributed by atoms with van der Waals surface area (Å²) < 4.78 is 48.8. The van der Waals surface area contributed by atoms with Crippen molar-refractivity contribution < 1.29 is 31.3 Å². The number of nitro benzene ring substituents is 1. The number of nitro groups is 1. The molecule has 0 amide bonds. The van der Waals surface area contributed by atoms with E-state index in [1.54, 1.807) is 6.07 Å². The van der Waals surface area contributed by atoms with Gasteiger partial charge in [-0.15, -0.1) is 0 Å². The van der Waals surface area contributed by atoms with Crippen molar-refractivity contribution in [1.29, 1.82) is 0 Å². The smallest absolute Gasteiger partial charge is 0.269 e. The van der Waals surface area contributed by atoms with E-state index in [0.717, 1.165) is 30.5 Å². The van der Waals surface area contributed by atoms with Gasteiger partial charge in [-0.05, 0) is 12.1 Å². The van der Waals surface area contributed by atoms with Crippen molar-refractivity contribution >= 4 is 36.9 Å². The molecule has 2 rings (SSSR count). The van der Waals surface area contributed by atoms with E-state index in [9.17, 15) is 36.5 Å². The van der Waals surface area contributed by atoms with E-state index in [-0.39, 0.29) is 16.1 Å². The normalized spacial score (nSPS) is 12.9. The SMILES string of the molecule is CS(=O)(=O)C(CC(=O)CS(=O)(=O)c1ccc([N+](=O)[O-])cc1)C(=O)c1ccccc1. The molecule has 0 saturated heterocycles. The Morgan fingerprint density at radius 1 is 0.966 bits per heavy atom. The Kier molecular flexibility index (Phi) is 6.65. The van der Waals surface area contributed by atoms with Gasteiger partial charge < -0.3 is 0 Å². The highest BCUT2D eigenvalue weighted by atomic mass is 32.2. The Bertz CT molecular complexity index is 1140. The molecule has 0 spiro atoms. The molecule has 1 atom stereocenters. The molecule has 0 fully saturated rings. The monoisotopic (exact) mass is 439 g/mol. The third-order valence-corrected chi connectivity index (χ3v) is 7.15. The molecule has 29 heavy (non-hydrogen) atoms. The largest absolute Gasteiger partial charge is 0.298 e. The number of benzene rings is 2. The summed E-state index contributed by atoms with van der Waals surface area (Å²) in [4.78, 5) is 34.4. The first-order valence-electron chi connectivity index (χ1n) is 8.19. The number of carbonyl (C=O) groups is 2. The number of Topliss-reactive ketones (excluding diaryl/α,β-unsaturated/α-hetero) is 2. The number of ketones is 2. The molecule has 0 aromatic heterocycles. The van der Waals surface area contributed by atoms with Crippen LogP contribution in [0.4, 0.5) is 5.69 Å². The summed E-state index contributed by atoms with van der Waals surface area (Å²) in [6, 6.07) is 11.4. The van der Waals surface area contributed by atoms with Gasteiger partial charge in [0.25, 0.3) is 5.69 Å². The zero-order chi connectivity index (χ0) is 21.8. The van der Waals surface area contributed by atoms with Crippen molar-refractivity contribution in [2.24, 2.45) is 0 Å². The van der Waals surface area contributed by atoms with Gasteiger partial charge >= 0.3 is 0 Å². The van der Waals surface area contributed by atoms with Crippen molar-refractivity contribution in [2.45, 2.75) is 16.6 Å².